The third-order valence-electron chi connectivity index (χ3n) is 5.14. The highest BCUT2D eigenvalue weighted by atomic mass is 32.2. The number of aromatic nitrogens is 2. The Hall–Kier alpha value is -3.14. The average Bonchev–Trinajstić information content (AvgIpc) is 3.26. The molecule has 34 heavy (non-hydrogen) atoms. The predicted molar refractivity (Wildman–Crippen MR) is 136 cm³/mol. The van der Waals surface area contributed by atoms with Crippen molar-refractivity contribution in [2.45, 2.75) is 35.3 Å². The highest BCUT2D eigenvalue weighted by molar-refractivity contribution is 7.98. The fraction of sp³-hybridized carbons (Fsp3) is 0.200. The van der Waals surface area contributed by atoms with Gasteiger partial charge in [0.05, 0.1) is 10.6 Å². The maximum absolute atomic E-state index is 12.7. The molecule has 4 rings (SSSR count). The number of unbranched alkanes of at least 4 members (excludes halogenated alkanes) is 1. The van der Waals surface area contributed by atoms with Crippen molar-refractivity contribution in [3.8, 4) is 0 Å². The molecule has 2 heterocycles. The van der Waals surface area contributed by atoms with Crippen LogP contribution in [0.15, 0.2) is 88.9 Å². The number of sulfonamides is 1. The monoisotopic (exact) mass is 494 g/mol. The standard InChI is InChI=1S/C25H26N4O3S2/c1-2-3-14-26-34(31,32)23-8-6-7-20(16-23)28-25(30)19-10-12-22(13-11-19)33-18-21-17-29-15-5-4-9-24(29)27-21/h4-13,15-17,26H,2-3,14,18H2,1H3,(H,28,30). The zero-order valence-electron chi connectivity index (χ0n) is 18.8. The first kappa shape index (κ1) is 24.0. The van der Waals surface area contributed by atoms with Gasteiger partial charge in [0.25, 0.3) is 5.91 Å². The van der Waals surface area contributed by atoms with Crippen molar-refractivity contribution >= 4 is 39.0 Å². The van der Waals surface area contributed by atoms with E-state index in [9.17, 15) is 13.2 Å². The summed E-state index contributed by atoms with van der Waals surface area (Å²) in [5.41, 5.74) is 2.82. The van der Waals surface area contributed by atoms with Crippen LogP contribution in [0.3, 0.4) is 0 Å². The number of nitrogens with one attached hydrogen (secondary N) is 2. The van der Waals surface area contributed by atoms with Gasteiger partial charge in [-0.2, -0.15) is 0 Å². The molecule has 2 aromatic carbocycles. The molecule has 0 unspecified atom stereocenters. The van der Waals surface area contributed by atoms with Crippen LogP contribution in [0.1, 0.15) is 35.8 Å². The zero-order valence-corrected chi connectivity index (χ0v) is 20.4. The molecule has 2 N–H and O–H groups in total. The molecule has 0 radical (unpaired) electrons. The van der Waals surface area contributed by atoms with E-state index in [4.69, 9.17) is 0 Å². The van der Waals surface area contributed by atoms with E-state index in [0.29, 0.717) is 17.8 Å². The zero-order chi connectivity index (χ0) is 24.0. The number of imidazole rings is 1. The molecule has 0 aliphatic heterocycles. The Morgan fingerprint density at radius 2 is 1.88 bits per heavy atom. The minimum atomic E-state index is -3.61. The van der Waals surface area contributed by atoms with Gasteiger partial charge in [-0.3, -0.25) is 4.79 Å². The van der Waals surface area contributed by atoms with Gasteiger partial charge >= 0.3 is 0 Å². The second-order valence-electron chi connectivity index (χ2n) is 7.74. The first-order valence-corrected chi connectivity index (χ1v) is 13.5. The van der Waals surface area contributed by atoms with Crippen molar-refractivity contribution in [2.24, 2.45) is 0 Å². The summed E-state index contributed by atoms with van der Waals surface area (Å²) in [4.78, 5) is 18.4. The van der Waals surface area contributed by atoms with Crippen LogP contribution in [-0.4, -0.2) is 30.3 Å². The first-order valence-electron chi connectivity index (χ1n) is 11.0. The van der Waals surface area contributed by atoms with E-state index in [1.807, 2.05) is 54.0 Å². The summed E-state index contributed by atoms with van der Waals surface area (Å²) >= 11 is 1.64. The minimum absolute atomic E-state index is 0.125. The van der Waals surface area contributed by atoms with Crippen molar-refractivity contribution in [3.05, 3.63) is 90.4 Å². The van der Waals surface area contributed by atoms with Crippen LogP contribution < -0.4 is 10.0 Å². The Balaban J connectivity index is 1.36. The molecule has 0 bridgehead atoms. The van der Waals surface area contributed by atoms with E-state index in [0.717, 1.165) is 34.8 Å². The molecule has 1 amide bonds. The summed E-state index contributed by atoms with van der Waals surface area (Å²) in [5.74, 6) is 0.422. The SMILES string of the molecule is CCCCNS(=O)(=O)c1cccc(NC(=O)c2ccc(SCc3cn4ccccc4n3)cc2)c1. The van der Waals surface area contributed by atoms with Gasteiger partial charge in [-0.05, 0) is 61.0 Å². The van der Waals surface area contributed by atoms with Gasteiger partial charge < -0.3 is 9.72 Å². The van der Waals surface area contributed by atoms with Gasteiger partial charge in [-0.15, -0.1) is 11.8 Å². The number of hydrogen-bond donors (Lipinski definition) is 2. The van der Waals surface area contributed by atoms with Gasteiger partial charge in [0.2, 0.25) is 10.0 Å². The Morgan fingerprint density at radius 3 is 2.65 bits per heavy atom. The number of carbonyl (C=O) groups excluding carboxylic acids is 1. The minimum Gasteiger partial charge on any atom is -0.322 e. The Labute approximate surface area is 203 Å². The quantitative estimate of drug-likeness (QED) is 0.240. The van der Waals surface area contributed by atoms with Crippen LogP contribution in [-0.2, 0) is 15.8 Å². The van der Waals surface area contributed by atoms with Gasteiger partial charge in [0.1, 0.15) is 5.65 Å². The Morgan fingerprint density at radius 1 is 1.06 bits per heavy atom. The maximum Gasteiger partial charge on any atom is 0.255 e. The molecule has 4 aromatic rings. The van der Waals surface area contributed by atoms with E-state index < -0.39 is 10.0 Å². The van der Waals surface area contributed by atoms with Gasteiger partial charge in [0.15, 0.2) is 0 Å². The van der Waals surface area contributed by atoms with Crippen molar-refractivity contribution in [1.29, 1.82) is 0 Å². The number of thioether (sulfide) groups is 1. The van der Waals surface area contributed by atoms with Gasteiger partial charge in [-0.1, -0.05) is 25.5 Å². The fourth-order valence-corrected chi connectivity index (χ4v) is 5.23. The number of pyridine rings is 1. The lowest BCUT2D eigenvalue weighted by atomic mass is 10.2. The lowest BCUT2D eigenvalue weighted by Crippen LogP contribution is -2.24. The summed E-state index contributed by atoms with van der Waals surface area (Å²) in [6, 6.07) is 19.5. The summed E-state index contributed by atoms with van der Waals surface area (Å²) in [5, 5.41) is 2.78. The van der Waals surface area contributed by atoms with Crippen molar-refractivity contribution in [2.75, 3.05) is 11.9 Å². The van der Waals surface area contributed by atoms with Crippen molar-refractivity contribution < 1.29 is 13.2 Å². The van der Waals surface area contributed by atoms with Crippen molar-refractivity contribution in [3.63, 3.8) is 0 Å². The van der Waals surface area contributed by atoms with Crippen LogP contribution in [0.2, 0.25) is 0 Å². The first-order chi connectivity index (χ1) is 16.4. The number of carbonyl (C=O) groups is 1. The largest absolute Gasteiger partial charge is 0.322 e. The number of benzene rings is 2. The number of amides is 1. The van der Waals surface area contributed by atoms with Gasteiger partial charge in [-0.25, -0.2) is 18.1 Å². The predicted octanol–water partition coefficient (Wildman–Crippen LogP) is 4.96. The Kier molecular flexibility index (Phi) is 7.66. The molecule has 0 atom stereocenters. The number of rotatable bonds is 10. The molecule has 2 aromatic heterocycles. The molecule has 0 aliphatic carbocycles. The van der Waals surface area contributed by atoms with E-state index in [1.54, 1.807) is 36.0 Å². The third-order valence-corrected chi connectivity index (χ3v) is 7.65. The fourth-order valence-electron chi connectivity index (χ4n) is 3.33. The Bertz CT molecular complexity index is 1350. The molecule has 9 heteroatoms. The van der Waals surface area contributed by atoms with Crippen LogP contribution in [0.4, 0.5) is 5.69 Å². The summed E-state index contributed by atoms with van der Waals surface area (Å²) in [7, 11) is -3.61. The molecule has 0 saturated heterocycles. The highest BCUT2D eigenvalue weighted by Gasteiger charge is 2.15. The topological polar surface area (TPSA) is 92.6 Å². The number of fused-ring (bicyclic) bond motifs is 1. The second kappa shape index (κ2) is 10.9. The summed E-state index contributed by atoms with van der Waals surface area (Å²) in [6.07, 6.45) is 5.65. The molecule has 7 nitrogen and oxygen atoms in total. The summed E-state index contributed by atoms with van der Waals surface area (Å²) < 4.78 is 29.4. The van der Waals surface area contributed by atoms with Crippen LogP contribution >= 0.6 is 11.8 Å². The second-order valence-corrected chi connectivity index (χ2v) is 10.6. The molecule has 0 spiro atoms. The maximum atomic E-state index is 12.7. The highest BCUT2D eigenvalue weighted by Crippen LogP contribution is 2.23. The molecular weight excluding hydrogens is 468 g/mol. The lowest BCUT2D eigenvalue weighted by Gasteiger charge is -2.10. The molecular formula is C25H26N4O3S2. The van der Waals surface area contributed by atoms with Crippen molar-refractivity contribution in [1.82, 2.24) is 14.1 Å². The van der Waals surface area contributed by atoms with E-state index >= 15 is 0 Å². The summed E-state index contributed by atoms with van der Waals surface area (Å²) in [6.45, 7) is 2.38. The van der Waals surface area contributed by atoms with E-state index in [1.165, 1.54) is 12.1 Å². The average molecular weight is 495 g/mol. The van der Waals surface area contributed by atoms with Crippen LogP contribution in [0.5, 0.6) is 0 Å². The van der Waals surface area contributed by atoms with Gasteiger partial charge in [0, 0.05) is 40.8 Å². The smallest absolute Gasteiger partial charge is 0.255 e. The van der Waals surface area contributed by atoms with E-state index in [-0.39, 0.29) is 10.8 Å². The molecule has 0 saturated carbocycles. The molecule has 0 aliphatic rings. The van der Waals surface area contributed by atoms with Crippen LogP contribution in [0.25, 0.3) is 5.65 Å². The number of hydrogen-bond acceptors (Lipinski definition) is 5. The molecule has 0 fully saturated rings. The van der Waals surface area contributed by atoms with Crippen LogP contribution in [0, 0.1) is 0 Å². The van der Waals surface area contributed by atoms with E-state index in [2.05, 4.69) is 15.0 Å². The number of nitrogens with zero attached hydrogens (tertiary/aromatic N) is 2. The third kappa shape index (κ3) is 6.05. The molecule has 176 valence electrons. The lowest BCUT2D eigenvalue weighted by molar-refractivity contribution is 0.102. The number of anilines is 1. The normalized spacial score (nSPS) is 11.6.